The van der Waals surface area contributed by atoms with Gasteiger partial charge in [0, 0.05) is 27.4 Å². The molecule has 3 rings (SSSR count). The van der Waals surface area contributed by atoms with Crippen LogP contribution >= 0.6 is 39.5 Å². The molecule has 154 valence electrons. The second-order valence-electron chi connectivity index (χ2n) is 6.73. The van der Waals surface area contributed by atoms with Crippen molar-refractivity contribution >= 4 is 57.0 Å². The van der Waals surface area contributed by atoms with Gasteiger partial charge in [-0.1, -0.05) is 39.8 Å². The Balaban J connectivity index is 1.74. The van der Waals surface area contributed by atoms with E-state index in [0.29, 0.717) is 16.3 Å². The largest absolute Gasteiger partial charge is 0.325 e. The van der Waals surface area contributed by atoms with Crippen LogP contribution in [0.5, 0.6) is 0 Å². The Kier molecular flexibility index (Phi) is 7.64. The van der Waals surface area contributed by atoms with Crippen molar-refractivity contribution in [3.8, 4) is 6.07 Å². The third kappa shape index (κ3) is 5.48. The molecular formula is C22H20BrN3O2S2. The average molecular weight is 502 g/mol. The maximum Gasteiger partial charge on any atom is 0.234 e. The van der Waals surface area contributed by atoms with Crippen molar-refractivity contribution in [2.45, 2.75) is 24.2 Å². The topological polar surface area (TPSA) is 82.0 Å². The summed E-state index contributed by atoms with van der Waals surface area (Å²) in [6.07, 6.45) is 2.22. The Morgan fingerprint density at radius 2 is 2.03 bits per heavy atom. The first kappa shape index (κ1) is 22.5. The quantitative estimate of drug-likeness (QED) is 0.532. The van der Waals surface area contributed by atoms with Gasteiger partial charge in [0.15, 0.2) is 0 Å². The predicted molar refractivity (Wildman–Crippen MR) is 126 cm³/mol. The molecule has 2 aromatic rings. The first-order valence-electron chi connectivity index (χ1n) is 9.18. The summed E-state index contributed by atoms with van der Waals surface area (Å²) in [6.45, 7) is 1.95. The summed E-state index contributed by atoms with van der Waals surface area (Å²) in [5.41, 5.74) is 3.14. The lowest BCUT2D eigenvalue weighted by molar-refractivity contribution is -0.121. The summed E-state index contributed by atoms with van der Waals surface area (Å²) >= 11 is 6.25. The van der Waals surface area contributed by atoms with Crippen molar-refractivity contribution in [2.24, 2.45) is 0 Å². The molecule has 2 N–H and O–H groups in total. The van der Waals surface area contributed by atoms with E-state index >= 15 is 0 Å². The predicted octanol–water partition coefficient (Wildman–Crippen LogP) is 5.19. The Bertz CT molecular complexity index is 1050. The van der Waals surface area contributed by atoms with E-state index in [-0.39, 0.29) is 29.9 Å². The summed E-state index contributed by atoms with van der Waals surface area (Å²) in [4.78, 5) is 25.8. The number of nitrogens with one attached hydrogen (secondary N) is 2. The first-order chi connectivity index (χ1) is 14.4. The minimum atomic E-state index is -0.306. The Labute approximate surface area is 192 Å². The summed E-state index contributed by atoms with van der Waals surface area (Å²) < 4.78 is 0.972. The van der Waals surface area contributed by atoms with E-state index in [9.17, 15) is 14.9 Å². The van der Waals surface area contributed by atoms with Gasteiger partial charge in [-0.05, 0) is 54.6 Å². The summed E-state index contributed by atoms with van der Waals surface area (Å²) in [6, 6.07) is 15.7. The van der Waals surface area contributed by atoms with Crippen LogP contribution in [-0.2, 0) is 9.59 Å². The van der Waals surface area contributed by atoms with Crippen LogP contribution in [0.25, 0.3) is 0 Å². The molecule has 0 spiro atoms. The zero-order valence-corrected chi connectivity index (χ0v) is 19.7. The fourth-order valence-electron chi connectivity index (χ4n) is 3.11. The van der Waals surface area contributed by atoms with Crippen molar-refractivity contribution in [3.05, 3.63) is 68.7 Å². The molecule has 30 heavy (non-hydrogen) atoms. The maximum atomic E-state index is 12.4. The Morgan fingerprint density at radius 3 is 2.67 bits per heavy atom. The molecule has 0 saturated heterocycles. The van der Waals surface area contributed by atoms with Crippen molar-refractivity contribution in [3.63, 3.8) is 0 Å². The molecule has 1 aliphatic rings. The number of thioether (sulfide) groups is 2. The molecule has 2 amide bonds. The summed E-state index contributed by atoms with van der Waals surface area (Å²) in [5, 5.41) is 15.8. The second kappa shape index (κ2) is 10.2. The molecule has 1 aliphatic heterocycles. The number of carbonyl (C=O) groups is 2. The van der Waals surface area contributed by atoms with Crippen LogP contribution in [0.1, 0.15) is 23.5 Å². The van der Waals surface area contributed by atoms with Crippen molar-refractivity contribution in [1.82, 2.24) is 5.32 Å². The number of halogens is 1. The molecule has 0 radical (unpaired) electrons. The molecular weight excluding hydrogens is 482 g/mol. The zero-order chi connectivity index (χ0) is 21.7. The minimum Gasteiger partial charge on any atom is -0.325 e. The van der Waals surface area contributed by atoms with E-state index in [0.717, 1.165) is 20.5 Å². The second-order valence-corrected chi connectivity index (χ2v) is 9.45. The van der Waals surface area contributed by atoms with Crippen LogP contribution in [0.2, 0.25) is 0 Å². The minimum absolute atomic E-state index is 0.0913. The molecule has 1 atom stereocenters. The van der Waals surface area contributed by atoms with E-state index in [2.05, 4.69) is 32.6 Å². The molecule has 0 aromatic heterocycles. The monoisotopic (exact) mass is 501 g/mol. The SMILES string of the molecule is CSc1ccc([C@H]2CC(=O)NC(SCC(=O)Nc3ccc(Br)c(C)c3)=C2C#N)cc1. The molecule has 0 bridgehead atoms. The molecule has 0 fully saturated rings. The molecule has 0 saturated carbocycles. The van der Waals surface area contributed by atoms with Crippen molar-refractivity contribution in [1.29, 1.82) is 5.26 Å². The Hall–Kier alpha value is -2.21. The highest BCUT2D eigenvalue weighted by molar-refractivity contribution is 9.10. The summed E-state index contributed by atoms with van der Waals surface area (Å²) in [7, 11) is 0. The molecule has 1 heterocycles. The van der Waals surface area contributed by atoms with Crippen molar-refractivity contribution < 1.29 is 9.59 Å². The van der Waals surface area contributed by atoms with Gasteiger partial charge in [0.25, 0.3) is 0 Å². The van der Waals surface area contributed by atoms with Gasteiger partial charge in [-0.2, -0.15) is 5.26 Å². The third-order valence-corrected chi connectivity index (χ3v) is 7.31. The van der Waals surface area contributed by atoms with E-state index < -0.39 is 0 Å². The number of amides is 2. The third-order valence-electron chi connectivity index (χ3n) is 4.66. The van der Waals surface area contributed by atoms with E-state index in [1.165, 1.54) is 11.8 Å². The number of benzene rings is 2. The fraction of sp³-hybridized carbons (Fsp3) is 0.227. The van der Waals surface area contributed by atoms with Crippen LogP contribution in [-0.4, -0.2) is 23.8 Å². The lowest BCUT2D eigenvalue weighted by Gasteiger charge is -2.25. The molecule has 2 aromatic carbocycles. The molecule has 8 heteroatoms. The zero-order valence-electron chi connectivity index (χ0n) is 16.5. The number of nitriles is 1. The van der Waals surface area contributed by atoms with E-state index in [1.54, 1.807) is 11.8 Å². The molecule has 5 nitrogen and oxygen atoms in total. The van der Waals surface area contributed by atoms with Crippen molar-refractivity contribution in [2.75, 3.05) is 17.3 Å². The number of hydrogen-bond acceptors (Lipinski definition) is 5. The highest BCUT2D eigenvalue weighted by atomic mass is 79.9. The van der Waals surface area contributed by atoms with E-state index in [1.807, 2.05) is 55.6 Å². The smallest absolute Gasteiger partial charge is 0.234 e. The lowest BCUT2D eigenvalue weighted by Crippen LogP contribution is -2.31. The number of rotatable bonds is 6. The number of allylic oxidation sites excluding steroid dienone is 1. The van der Waals surface area contributed by atoms with Gasteiger partial charge in [0.05, 0.1) is 22.4 Å². The number of carbonyl (C=O) groups excluding carboxylic acids is 2. The van der Waals surface area contributed by atoms with Gasteiger partial charge in [-0.3, -0.25) is 9.59 Å². The number of anilines is 1. The fourth-order valence-corrected chi connectivity index (χ4v) is 4.64. The van der Waals surface area contributed by atoms with Crippen LogP contribution in [0, 0.1) is 18.3 Å². The van der Waals surface area contributed by atoms with Crippen LogP contribution in [0.3, 0.4) is 0 Å². The highest BCUT2D eigenvalue weighted by Crippen LogP contribution is 2.36. The maximum absolute atomic E-state index is 12.4. The average Bonchev–Trinajstić information content (AvgIpc) is 2.74. The van der Waals surface area contributed by atoms with Gasteiger partial charge in [0.2, 0.25) is 11.8 Å². The number of nitrogens with zero attached hydrogens (tertiary/aromatic N) is 1. The Morgan fingerprint density at radius 1 is 1.30 bits per heavy atom. The number of aryl methyl sites for hydroxylation is 1. The molecule has 0 aliphatic carbocycles. The van der Waals surface area contributed by atoms with Crippen LogP contribution < -0.4 is 10.6 Å². The standard InChI is InChI=1S/C22H20BrN3O2S2/c1-13-9-15(5-8-19(13)23)25-21(28)12-30-22-18(11-24)17(10-20(27)26-22)14-3-6-16(29-2)7-4-14/h3-9,17H,10,12H2,1-2H3,(H,25,28)(H,26,27)/t17-/m1/s1. The molecule has 0 unspecified atom stereocenters. The summed E-state index contributed by atoms with van der Waals surface area (Å²) in [5.74, 6) is -0.570. The highest BCUT2D eigenvalue weighted by Gasteiger charge is 2.29. The van der Waals surface area contributed by atoms with Gasteiger partial charge < -0.3 is 10.6 Å². The van der Waals surface area contributed by atoms with Gasteiger partial charge >= 0.3 is 0 Å². The first-order valence-corrected chi connectivity index (χ1v) is 12.2. The lowest BCUT2D eigenvalue weighted by atomic mass is 9.87. The van der Waals surface area contributed by atoms with Gasteiger partial charge in [-0.15, -0.1) is 11.8 Å². The van der Waals surface area contributed by atoms with Gasteiger partial charge in [0.1, 0.15) is 0 Å². The van der Waals surface area contributed by atoms with Crippen LogP contribution in [0.15, 0.2) is 62.4 Å². The number of hydrogen-bond donors (Lipinski definition) is 2. The van der Waals surface area contributed by atoms with Crippen LogP contribution in [0.4, 0.5) is 5.69 Å². The normalized spacial score (nSPS) is 16.1. The van der Waals surface area contributed by atoms with Gasteiger partial charge in [-0.25, -0.2) is 0 Å². The van der Waals surface area contributed by atoms with E-state index in [4.69, 9.17) is 0 Å².